The van der Waals surface area contributed by atoms with E-state index in [9.17, 15) is 4.79 Å². The summed E-state index contributed by atoms with van der Waals surface area (Å²) in [5.41, 5.74) is 3.04. The zero-order valence-corrected chi connectivity index (χ0v) is 12.2. The fourth-order valence-electron chi connectivity index (χ4n) is 2.54. The molecule has 1 atom stereocenters. The monoisotopic (exact) mass is 298 g/mol. The summed E-state index contributed by atoms with van der Waals surface area (Å²) in [5.74, 6) is -0.231. The van der Waals surface area contributed by atoms with E-state index in [2.05, 4.69) is 5.10 Å². The second-order valence-corrected chi connectivity index (χ2v) is 5.18. The summed E-state index contributed by atoms with van der Waals surface area (Å²) in [6, 6.07) is 19.8. The molecule has 2 aromatic carbocycles. The number of rotatable bonds is 3. The van der Waals surface area contributed by atoms with Crippen LogP contribution in [0.2, 0.25) is 0 Å². The number of hydrazone groups is 1. The summed E-state index contributed by atoms with van der Waals surface area (Å²) in [6.45, 7) is 0. The van der Waals surface area contributed by atoms with Crippen LogP contribution in [0.5, 0.6) is 0 Å². The lowest BCUT2D eigenvalue weighted by molar-refractivity contribution is -0.130. The number of benzene rings is 2. The molecular formula is C17H15ClN2O. The normalized spacial score (nSPS) is 17.7. The van der Waals surface area contributed by atoms with Gasteiger partial charge in [-0.15, -0.1) is 11.6 Å². The Balaban J connectivity index is 1.95. The molecule has 3 rings (SSSR count). The van der Waals surface area contributed by atoms with Crippen molar-refractivity contribution in [1.29, 1.82) is 0 Å². The summed E-state index contributed by atoms with van der Waals surface area (Å²) in [5, 5.41) is 6.02. The van der Waals surface area contributed by atoms with Gasteiger partial charge in [-0.1, -0.05) is 60.7 Å². The van der Waals surface area contributed by atoms with Crippen molar-refractivity contribution in [1.82, 2.24) is 5.01 Å². The van der Waals surface area contributed by atoms with Crippen molar-refractivity contribution in [2.24, 2.45) is 5.10 Å². The van der Waals surface area contributed by atoms with Crippen LogP contribution >= 0.6 is 11.6 Å². The van der Waals surface area contributed by atoms with E-state index in [4.69, 9.17) is 11.6 Å². The van der Waals surface area contributed by atoms with Crippen molar-refractivity contribution in [3.05, 3.63) is 71.8 Å². The molecule has 3 nitrogen and oxygen atoms in total. The number of carbonyl (C=O) groups excluding carboxylic acids is 1. The molecule has 0 spiro atoms. The minimum atomic E-state index is -0.170. The third-order valence-electron chi connectivity index (χ3n) is 3.57. The van der Waals surface area contributed by atoms with Crippen LogP contribution in [0.3, 0.4) is 0 Å². The number of carbonyl (C=O) groups is 1. The maximum absolute atomic E-state index is 12.1. The molecule has 21 heavy (non-hydrogen) atoms. The fourth-order valence-corrected chi connectivity index (χ4v) is 2.66. The summed E-state index contributed by atoms with van der Waals surface area (Å²) < 4.78 is 0. The minimum absolute atomic E-state index is 0.0606. The molecule has 0 radical (unpaired) electrons. The summed E-state index contributed by atoms with van der Waals surface area (Å²) in [4.78, 5) is 12.1. The van der Waals surface area contributed by atoms with Crippen molar-refractivity contribution in [2.45, 2.75) is 12.5 Å². The lowest BCUT2D eigenvalue weighted by Gasteiger charge is -2.21. The van der Waals surface area contributed by atoms with Crippen LogP contribution in [0.15, 0.2) is 65.8 Å². The van der Waals surface area contributed by atoms with E-state index in [1.165, 1.54) is 5.01 Å². The summed E-state index contributed by atoms with van der Waals surface area (Å²) in [6.07, 6.45) is 0.705. The number of hydrogen-bond acceptors (Lipinski definition) is 2. The van der Waals surface area contributed by atoms with Gasteiger partial charge in [-0.25, -0.2) is 5.01 Å². The van der Waals surface area contributed by atoms with Gasteiger partial charge in [0.15, 0.2) is 0 Å². The molecule has 0 bridgehead atoms. The van der Waals surface area contributed by atoms with Gasteiger partial charge >= 0.3 is 0 Å². The summed E-state index contributed by atoms with van der Waals surface area (Å²) in [7, 11) is 0. The van der Waals surface area contributed by atoms with E-state index in [-0.39, 0.29) is 17.8 Å². The average molecular weight is 299 g/mol. The lowest BCUT2D eigenvalue weighted by Crippen LogP contribution is -2.27. The highest BCUT2D eigenvalue weighted by molar-refractivity contribution is 6.27. The number of amides is 1. The van der Waals surface area contributed by atoms with Crippen LogP contribution in [0, 0.1) is 0 Å². The first-order chi connectivity index (χ1) is 10.3. The first-order valence-electron chi connectivity index (χ1n) is 6.85. The van der Waals surface area contributed by atoms with Gasteiger partial charge < -0.3 is 0 Å². The molecule has 0 fully saturated rings. The van der Waals surface area contributed by atoms with Gasteiger partial charge in [-0.2, -0.15) is 5.10 Å². The summed E-state index contributed by atoms with van der Waals surface area (Å²) >= 11 is 5.72. The Kier molecular flexibility index (Phi) is 4.02. The Labute approximate surface area is 128 Å². The molecular weight excluding hydrogens is 284 g/mol. The molecule has 2 aromatic rings. The van der Waals surface area contributed by atoms with Gasteiger partial charge in [0, 0.05) is 6.42 Å². The standard InChI is InChI=1S/C17H15ClN2O/c18-12-17(21)20-16(14-9-5-2-6-10-14)11-15(19-20)13-7-3-1-4-8-13/h1-10,16H,11-12H2/t16-/m0/s1. The molecule has 106 valence electrons. The smallest absolute Gasteiger partial charge is 0.258 e. The third kappa shape index (κ3) is 2.83. The molecule has 1 aliphatic rings. The topological polar surface area (TPSA) is 32.7 Å². The van der Waals surface area contributed by atoms with Gasteiger partial charge in [-0.3, -0.25) is 4.79 Å². The Bertz CT molecular complexity index is 655. The molecule has 1 heterocycles. The molecule has 1 aliphatic heterocycles. The zero-order valence-electron chi connectivity index (χ0n) is 11.4. The van der Waals surface area contributed by atoms with Crippen LogP contribution in [-0.4, -0.2) is 22.5 Å². The Hall–Kier alpha value is -2.13. The van der Waals surface area contributed by atoms with Gasteiger partial charge in [0.2, 0.25) is 0 Å². The second kappa shape index (κ2) is 6.10. The molecule has 0 saturated heterocycles. The predicted octanol–water partition coefficient (Wildman–Crippen LogP) is 3.60. The van der Waals surface area contributed by atoms with Crippen molar-refractivity contribution in [3.63, 3.8) is 0 Å². The van der Waals surface area contributed by atoms with Gasteiger partial charge in [0.05, 0.1) is 11.8 Å². The Morgan fingerprint density at radius 2 is 1.71 bits per heavy atom. The van der Waals surface area contributed by atoms with Crippen molar-refractivity contribution in [3.8, 4) is 0 Å². The van der Waals surface area contributed by atoms with E-state index >= 15 is 0 Å². The highest BCUT2D eigenvalue weighted by Crippen LogP contribution is 2.32. The maximum atomic E-state index is 12.1. The molecule has 0 aromatic heterocycles. The van der Waals surface area contributed by atoms with Crippen LogP contribution < -0.4 is 0 Å². The van der Waals surface area contributed by atoms with Crippen molar-refractivity contribution >= 4 is 23.2 Å². The van der Waals surface area contributed by atoms with E-state index in [1.54, 1.807) is 0 Å². The SMILES string of the molecule is O=C(CCl)N1N=C(c2ccccc2)C[C@H]1c1ccccc1. The molecule has 0 aliphatic carbocycles. The van der Waals surface area contributed by atoms with Gasteiger partial charge in [-0.05, 0) is 11.1 Å². The maximum Gasteiger partial charge on any atom is 0.258 e. The first kappa shape index (κ1) is 13.8. The molecule has 0 saturated carbocycles. The van der Waals surface area contributed by atoms with E-state index in [0.29, 0.717) is 6.42 Å². The number of nitrogens with zero attached hydrogens (tertiary/aromatic N) is 2. The fraction of sp³-hybridized carbons (Fsp3) is 0.176. The number of alkyl halides is 1. The van der Waals surface area contributed by atoms with Crippen LogP contribution in [0.1, 0.15) is 23.6 Å². The van der Waals surface area contributed by atoms with Crippen molar-refractivity contribution in [2.75, 3.05) is 5.88 Å². The Morgan fingerprint density at radius 1 is 1.10 bits per heavy atom. The number of hydrogen-bond donors (Lipinski definition) is 0. The molecule has 1 amide bonds. The van der Waals surface area contributed by atoms with E-state index in [0.717, 1.165) is 16.8 Å². The highest BCUT2D eigenvalue weighted by Gasteiger charge is 2.32. The van der Waals surface area contributed by atoms with E-state index in [1.807, 2.05) is 60.7 Å². The zero-order chi connectivity index (χ0) is 14.7. The van der Waals surface area contributed by atoms with Gasteiger partial charge in [0.25, 0.3) is 5.91 Å². The quantitative estimate of drug-likeness (QED) is 0.797. The van der Waals surface area contributed by atoms with E-state index < -0.39 is 0 Å². The van der Waals surface area contributed by atoms with Crippen LogP contribution in [0.4, 0.5) is 0 Å². The highest BCUT2D eigenvalue weighted by atomic mass is 35.5. The van der Waals surface area contributed by atoms with Crippen LogP contribution in [-0.2, 0) is 4.79 Å². The lowest BCUT2D eigenvalue weighted by atomic mass is 9.98. The molecule has 4 heteroatoms. The third-order valence-corrected chi connectivity index (χ3v) is 3.80. The molecule has 0 unspecified atom stereocenters. The first-order valence-corrected chi connectivity index (χ1v) is 7.39. The Morgan fingerprint density at radius 3 is 2.33 bits per heavy atom. The van der Waals surface area contributed by atoms with Gasteiger partial charge in [0.1, 0.15) is 5.88 Å². The van der Waals surface area contributed by atoms with Crippen molar-refractivity contribution < 1.29 is 4.79 Å². The molecule has 0 N–H and O–H groups in total. The predicted molar refractivity (Wildman–Crippen MR) is 84.3 cm³/mol. The second-order valence-electron chi connectivity index (χ2n) is 4.92. The largest absolute Gasteiger partial charge is 0.272 e. The number of halogens is 1. The van der Waals surface area contributed by atoms with Crippen LogP contribution in [0.25, 0.3) is 0 Å². The average Bonchev–Trinajstić information content (AvgIpc) is 3.01. The minimum Gasteiger partial charge on any atom is -0.272 e.